The van der Waals surface area contributed by atoms with Crippen LogP contribution in [0, 0.1) is 0 Å². The first-order valence-corrected chi connectivity index (χ1v) is 4.06. The van der Waals surface area contributed by atoms with Crippen molar-refractivity contribution in [2.75, 3.05) is 20.3 Å². The molecule has 3 N–H and O–H groups in total. The zero-order valence-corrected chi connectivity index (χ0v) is 8.24. The van der Waals surface area contributed by atoms with Crippen molar-refractivity contribution >= 4 is 5.97 Å². The Bertz CT molecular complexity index is 170. The van der Waals surface area contributed by atoms with Gasteiger partial charge in [-0.15, -0.1) is 0 Å². The predicted octanol–water partition coefficient (Wildman–Crippen LogP) is -0.726. The highest BCUT2D eigenvalue weighted by Gasteiger charge is 2.31. The maximum atomic E-state index is 11.2. The van der Waals surface area contributed by atoms with Crippen molar-refractivity contribution in [2.24, 2.45) is 5.73 Å². The summed E-state index contributed by atoms with van der Waals surface area (Å²) in [6.45, 7) is 3.13. The van der Waals surface area contributed by atoms with Crippen molar-refractivity contribution in [2.45, 2.75) is 25.6 Å². The predicted molar refractivity (Wildman–Crippen MR) is 47.1 cm³/mol. The molecule has 0 rings (SSSR count). The fraction of sp³-hybridized carbons (Fsp3) is 0.875. The maximum Gasteiger partial charge on any atom is 0.339 e. The number of esters is 1. The molecule has 0 radical (unpaired) electrons. The van der Waals surface area contributed by atoms with E-state index in [2.05, 4.69) is 0 Å². The van der Waals surface area contributed by atoms with Gasteiger partial charge in [-0.1, -0.05) is 0 Å². The Morgan fingerprint density at radius 3 is 2.62 bits per heavy atom. The van der Waals surface area contributed by atoms with Crippen LogP contribution in [0.5, 0.6) is 0 Å². The smallest absolute Gasteiger partial charge is 0.339 e. The first kappa shape index (κ1) is 12.3. The van der Waals surface area contributed by atoms with Gasteiger partial charge in [0.2, 0.25) is 0 Å². The van der Waals surface area contributed by atoms with Crippen LogP contribution in [0.4, 0.5) is 0 Å². The fourth-order valence-corrected chi connectivity index (χ4v) is 0.662. The third-order valence-corrected chi connectivity index (χ3v) is 1.55. The summed E-state index contributed by atoms with van der Waals surface area (Å²) in [5, 5.41) is 9.37. The largest absolute Gasteiger partial charge is 0.458 e. The standard InChI is InChI=1S/C8H17NO4/c1-6(4-12-3)13-7(10)8(2,11)5-9/h6,11H,4-5,9H2,1-3H3. The topological polar surface area (TPSA) is 81.8 Å². The summed E-state index contributed by atoms with van der Waals surface area (Å²) in [5.41, 5.74) is 3.57. The third kappa shape index (κ3) is 4.21. The molecule has 0 bridgehead atoms. The summed E-state index contributed by atoms with van der Waals surface area (Å²) in [4.78, 5) is 11.2. The summed E-state index contributed by atoms with van der Waals surface area (Å²) in [6.07, 6.45) is -0.379. The van der Waals surface area contributed by atoms with Crippen molar-refractivity contribution in [3.63, 3.8) is 0 Å². The second kappa shape index (κ2) is 5.16. The van der Waals surface area contributed by atoms with E-state index in [1.54, 1.807) is 6.92 Å². The Hall–Kier alpha value is -0.650. The summed E-state index contributed by atoms with van der Waals surface area (Å²) < 4.78 is 9.61. The highest BCUT2D eigenvalue weighted by molar-refractivity contribution is 5.79. The molecule has 5 heteroatoms. The van der Waals surface area contributed by atoms with E-state index in [0.717, 1.165) is 0 Å². The molecule has 0 aromatic heterocycles. The Morgan fingerprint density at radius 2 is 2.23 bits per heavy atom. The summed E-state index contributed by atoms with van der Waals surface area (Å²) >= 11 is 0. The number of ether oxygens (including phenoxy) is 2. The molecule has 13 heavy (non-hydrogen) atoms. The molecule has 2 atom stereocenters. The van der Waals surface area contributed by atoms with E-state index in [0.29, 0.717) is 6.61 Å². The van der Waals surface area contributed by atoms with Crippen LogP contribution in [0.1, 0.15) is 13.8 Å². The number of methoxy groups -OCH3 is 1. The Morgan fingerprint density at radius 1 is 1.69 bits per heavy atom. The van der Waals surface area contributed by atoms with Gasteiger partial charge in [0.15, 0.2) is 5.60 Å². The number of nitrogens with two attached hydrogens (primary N) is 1. The van der Waals surface area contributed by atoms with Gasteiger partial charge in [0.25, 0.3) is 0 Å². The number of carbonyl (C=O) groups excluding carboxylic acids is 1. The van der Waals surface area contributed by atoms with Gasteiger partial charge in [-0.2, -0.15) is 0 Å². The number of aliphatic hydroxyl groups is 1. The van der Waals surface area contributed by atoms with Crippen LogP contribution in [0.2, 0.25) is 0 Å². The molecule has 0 aromatic rings. The van der Waals surface area contributed by atoms with Gasteiger partial charge in [0, 0.05) is 13.7 Å². The average molecular weight is 191 g/mol. The van der Waals surface area contributed by atoms with Crippen molar-refractivity contribution in [3.05, 3.63) is 0 Å². The first-order chi connectivity index (χ1) is 5.94. The minimum atomic E-state index is -1.61. The van der Waals surface area contributed by atoms with Gasteiger partial charge in [-0.05, 0) is 13.8 Å². The van der Waals surface area contributed by atoms with Crippen molar-refractivity contribution < 1.29 is 19.4 Å². The second-order valence-electron chi connectivity index (χ2n) is 3.15. The minimum absolute atomic E-state index is 0.161. The lowest BCUT2D eigenvalue weighted by molar-refractivity contribution is -0.169. The second-order valence-corrected chi connectivity index (χ2v) is 3.15. The summed E-state index contributed by atoms with van der Waals surface area (Å²) in [7, 11) is 1.51. The molecular formula is C8H17NO4. The van der Waals surface area contributed by atoms with Gasteiger partial charge in [0.1, 0.15) is 6.10 Å². The summed E-state index contributed by atoms with van der Waals surface area (Å²) in [5.74, 6) is -0.723. The zero-order chi connectivity index (χ0) is 10.5. The zero-order valence-electron chi connectivity index (χ0n) is 8.24. The third-order valence-electron chi connectivity index (χ3n) is 1.55. The molecule has 5 nitrogen and oxygen atoms in total. The van der Waals surface area contributed by atoms with Crippen LogP contribution in [0.3, 0.4) is 0 Å². The maximum absolute atomic E-state index is 11.2. The SMILES string of the molecule is COCC(C)OC(=O)C(C)(O)CN. The molecule has 0 fully saturated rings. The number of carbonyl (C=O) groups is 1. The van der Waals surface area contributed by atoms with E-state index >= 15 is 0 Å². The minimum Gasteiger partial charge on any atom is -0.458 e. The fourth-order valence-electron chi connectivity index (χ4n) is 0.662. The Labute approximate surface area is 77.8 Å². The van der Waals surface area contributed by atoms with Crippen molar-refractivity contribution in [1.29, 1.82) is 0 Å². The Kier molecular flexibility index (Phi) is 4.90. The molecule has 0 heterocycles. The molecule has 0 aliphatic carbocycles. The van der Waals surface area contributed by atoms with Crippen LogP contribution in [0.15, 0.2) is 0 Å². The molecule has 0 spiro atoms. The van der Waals surface area contributed by atoms with E-state index in [-0.39, 0.29) is 12.6 Å². The molecule has 0 amide bonds. The molecule has 0 saturated heterocycles. The van der Waals surface area contributed by atoms with Crippen LogP contribution in [-0.2, 0) is 14.3 Å². The van der Waals surface area contributed by atoms with Crippen molar-refractivity contribution in [1.82, 2.24) is 0 Å². The van der Waals surface area contributed by atoms with E-state index in [4.69, 9.17) is 15.2 Å². The van der Waals surface area contributed by atoms with Crippen LogP contribution in [0.25, 0.3) is 0 Å². The molecule has 0 aromatic carbocycles. The average Bonchev–Trinajstić information content (AvgIpc) is 2.04. The van der Waals surface area contributed by atoms with Gasteiger partial charge in [-0.25, -0.2) is 4.79 Å². The molecule has 0 saturated carbocycles. The van der Waals surface area contributed by atoms with Gasteiger partial charge >= 0.3 is 5.97 Å². The van der Waals surface area contributed by atoms with E-state index in [1.807, 2.05) is 0 Å². The molecule has 0 aliphatic rings. The lowest BCUT2D eigenvalue weighted by Gasteiger charge is -2.21. The van der Waals surface area contributed by atoms with Crippen LogP contribution < -0.4 is 5.73 Å². The van der Waals surface area contributed by atoms with Gasteiger partial charge < -0.3 is 20.3 Å². The van der Waals surface area contributed by atoms with Crippen LogP contribution in [-0.4, -0.2) is 43.0 Å². The normalized spacial score (nSPS) is 17.6. The monoisotopic (exact) mass is 191 g/mol. The quantitative estimate of drug-likeness (QED) is 0.560. The lowest BCUT2D eigenvalue weighted by Crippen LogP contribution is -2.45. The highest BCUT2D eigenvalue weighted by Crippen LogP contribution is 2.05. The molecule has 78 valence electrons. The van der Waals surface area contributed by atoms with Gasteiger partial charge in [-0.3, -0.25) is 0 Å². The van der Waals surface area contributed by atoms with Crippen LogP contribution >= 0.6 is 0 Å². The lowest BCUT2D eigenvalue weighted by atomic mass is 10.1. The van der Waals surface area contributed by atoms with Crippen molar-refractivity contribution in [3.8, 4) is 0 Å². The summed E-state index contributed by atoms with van der Waals surface area (Å²) in [6, 6.07) is 0. The first-order valence-electron chi connectivity index (χ1n) is 4.06. The number of hydrogen-bond donors (Lipinski definition) is 2. The highest BCUT2D eigenvalue weighted by atomic mass is 16.6. The van der Waals surface area contributed by atoms with E-state index < -0.39 is 11.6 Å². The number of rotatable bonds is 5. The molecular weight excluding hydrogens is 174 g/mol. The van der Waals surface area contributed by atoms with Gasteiger partial charge in [0.05, 0.1) is 6.61 Å². The molecule has 2 unspecified atom stereocenters. The van der Waals surface area contributed by atoms with E-state index in [1.165, 1.54) is 14.0 Å². The Balaban J connectivity index is 3.99. The number of hydrogen-bond acceptors (Lipinski definition) is 5. The van der Waals surface area contributed by atoms with E-state index in [9.17, 15) is 9.90 Å². The molecule has 0 aliphatic heterocycles.